The monoisotopic (exact) mass is 447 g/mol. The van der Waals surface area contributed by atoms with Gasteiger partial charge in [0, 0.05) is 18.3 Å². The third kappa shape index (κ3) is 7.60. The summed E-state index contributed by atoms with van der Waals surface area (Å²) in [6.45, 7) is 6.55. The van der Waals surface area contributed by atoms with Gasteiger partial charge in [0.2, 0.25) is 0 Å². The normalized spacial score (nSPS) is 12.3. The zero-order chi connectivity index (χ0) is 23.7. The Morgan fingerprint density at radius 1 is 1.12 bits per heavy atom. The van der Waals surface area contributed by atoms with Crippen LogP contribution in [-0.4, -0.2) is 34.2 Å². The number of carbonyl (C=O) groups is 2. The van der Waals surface area contributed by atoms with Crippen molar-refractivity contribution in [3.05, 3.63) is 89.5 Å². The van der Waals surface area contributed by atoms with Gasteiger partial charge in [-0.2, -0.15) is 5.10 Å². The molecule has 3 N–H and O–H groups in total. The number of nitrogens with one attached hydrogen (secondary N) is 3. The lowest BCUT2D eigenvalue weighted by molar-refractivity contribution is -0.123. The Morgan fingerprint density at radius 2 is 1.85 bits per heavy atom. The number of benzene rings is 2. The Kier molecular flexibility index (Phi) is 7.96. The quantitative estimate of drug-likeness (QED) is 0.361. The Bertz CT molecular complexity index is 1060. The van der Waals surface area contributed by atoms with E-state index >= 15 is 0 Å². The molecule has 0 spiro atoms. The number of amides is 2. The summed E-state index contributed by atoms with van der Waals surface area (Å²) in [7, 11) is 0. The maximum absolute atomic E-state index is 12.7. The number of aromatic nitrogens is 2. The van der Waals surface area contributed by atoms with Gasteiger partial charge in [-0.1, -0.05) is 75.4 Å². The van der Waals surface area contributed by atoms with Crippen molar-refractivity contribution in [3.63, 3.8) is 0 Å². The lowest BCUT2D eigenvalue weighted by atomic mass is 9.87. The van der Waals surface area contributed by atoms with Gasteiger partial charge in [0.1, 0.15) is 12.6 Å². The molecule has 0 aliphatic rings. The number of hydrazone groups is 1. The van der Waals surface area contributed by atoms with E-state index in [2.05, 4.69) is 46.6 Å². The van der Waals surface area contributed by atoms with E-state index in [0.717, 1.165) is 11.1 Å². The summed E-state index contributed by atoms with van der Waals surface area (Å²) >= 11 is 0. The van der Waals surface area contributed by atoms with Crippen molar-refractivity contribution in [2.75, 3.05) is 0 Å². The van der Waals surface area contributed by atoms with Crippen LogP contribution < -0.4 is 10.7 Å². The van der Waals surface area contributed by atoms with Crippen LogP contribution in [0.15, 0.2) is 72.2 Å². The maximum atomic E-state index is 12.7. The summed E-state index contributed by atoms with van der Waals surface area (Å²) in [4.78, 5) is 31.9. The van der Waals surface area contributed by atoms with Gasteiger partial charge in [-0.3, -0.25) is 4.79 Å². The molecule has 8 nitrogen and oxygen atoms in total. The second-order valence-electron chi connectivity index (χ2n) is 8.65. The van der Waals surface area contributed by atoms with Crippen LogP contribution in [0.25, 0.3) is 0 Å². The molecule has 3 rings (SSSR count). The van der Waals surface area contributed by atoms with Gasteiger partial charge in [0.25, 0.3) is 5.91 Å². The van der Waals surface area contributed by atoms with E-state index in [1.807, 2.05) is 54.6 Å². The average molecular weight is 448 g/mol. The van der Waals surface area contributed by atoms with Crippen LogP contribution in [0.3, 0.4) is 0 Å². The highest BCUT2D eigenvalue weighted by molar-refractivity contribution is 5.87. The molecule has 172 valence electrons. The minimum atomic E-state index is -0.894. The smallest absolute Gasteiger partial charge is 0.408 e. The first-order chi connectivity index (χ1) is 15.8. The molecule has 0 aliphatic heterocycles. The number of alkyl carbamates (subject to hydrolysis) is 1. The van der Waals surface area contributed by atoms with Crippen LogP contribution in [0, 0.1) is 0 Å². The number of aromatic amines is 1. The fourth-order valence-electron chi connectivity index (χ4n) is 3.05. The molecule has 0 fully saturated rings. The third-order valence-electron chi connectivity index (χ3n) is 4.97. The SMILES string of the molecule is CC(C)(C)c1ccc(/C=N\NC(=O)[C@H](Cc2cnc[nH]2)NC(=O)OCc2ccccc2)cc1. The predicted molar refractivity (Wildman–Crippen MR) is 127 cm³/mol. The topological polar surface area (TPSA) is 108 Å². The van der Waals surface area contributed by atoms with Gasteiger partial charge < -0.3 is 15.0 Å². The summed E-state index contributed by atoms with van der Waals surface area (Å²) in [5.41, 5.74) is 6.16. The van der Waals surface area contributed by atoms with Crippen molar-refractivity contribution < 1.29 is 14.3 Å². The molecule has 0 bridgehead atoms. The summed E-state index contributed by atoms with van der Waals surface area (Å²) in [5.74, 6) is -0.469. The molecule has 0 saturated carbocycles. The molecule has 1 atom stereocenters. The number of imidazole rings is 1. The summed E-state index contributed by atoms with van der Waals surface area (Å²) < 4.78 is 5.25. The summed E-state index contributed by atoms with van der Waals surface area (Å²) in [6.07, 6.45) is 4.18. The maximum Gasteiger partial charge on any atom is 0.408 e. The van der Waals surface area contributed by atoms with Crippen LogP contribution >= 0.6 is 0 Å². The highest BCUT2D eigenvalue weighted by Gasteiger charge is 2.22. The Balaban J connectivity index is 1.59. The van der Waals surface area contributed by atoms with Gasteiger partial charge >= 0.3 is 6.09 Å². The standard InChI is InChI=1S/C25H29N5O3/c1-25(2,3)20-11-9-18(10-12-20)14-28-30-23(31)22(13-21-15-26-17-27-21)29-24(32)33-16-19-7-5-4-6-8-19/h4-12,14-15,17,22H,13,16H2,1-3H3,(H,26,27)(H,29,32)(H,30,31)/b28-14-/t22-/m0/s1. The molecule has 2 amide bonds. The number of carbonyl (C=O) groups excluding carboxylic acids is 2. The second kappa shape index (κ2) is 11.1. The Hall–Kier alpha value is -3.94. The van der Waals surface area contributed by atoms with E-state index in [4.69, 9.17) is 4.74 Å². The number of hydrogen-bond acceptors (Lipinski definition) is 5. The predicted octanol–water partition coefficient (Wildman–Crippen LogP) is 3.70. The molecule has 3 aromatic rings. The van der Waals surface area contributed by atoms with Gasteiger partial charge in [-0.25, -0.2) is 15.2 Å². The molecule has 0 aliphatic carbocycles. The summed E-state index contributed by atoms with van der Waals surface area (Å²) in [6, 6.07) is 16.4. The Labute approximate surface area is 193 Å². The molecular formula is C25H29N5O3. The number of hydrogen-bond donors (Lipinski definition) is 3. The first-order valence-corrected chi connectivity index (χ1v) is 10.7. The fraction of sp³-hybridized carbons (Fsp3) is 0.280. The van der Waals surface area contributed by atoms with Crippen molar-refractivity contribution in [2.45, 2.75) is 45.3 Å². The number of ether oxygens (including phenoxy) is 1. The van der Waals surface area contributed by atoms with E-state index in [0.29, 0.717) is 5.69 Å². The number of rotatable bonds is 8. The first kappa shape index (κ1) is 23.7. The van der Waals surface area contributed by atoms with E-state index in [1.54, 1.807) is 12.4 Å². The zero-order valence-corrected chi connectivity index (χ0v) is 19.0. The summed E-state index contributed by atoms with van der Waals surface area (Å²) in [5, 5.41) is 6.65. The third-order valence-corrected chi connectivity index (χ3v) is 4.97. The molecule has 0 radical (unpaired) electrons. The lowest BCUT2D eigenvalue weighted by Crippen LogP contribution is -2.47. The zero-order valence-electron chi connectivity index (χ0n) is 19.0. The van der Waals surface area contributed by atoms with E-state index in [-0.39, 0.29) is 18.4 Å². The van der Waals surface area contributed by atoms with Crippen molar-refractivity contribution in [1.29, 1.82) is 0 Å². The first-order valence-electron chi connectivity index (χ1n) is 10.7. The molecule has 8 heteroatoms. The molecular weight excluding hydrogens is 418 g/mol. The van der Waals surface area contributed by atoms with Crippen molar-refractivity contribution >= 4 is 18.2 Å². The highest BCUT2D eigenvalue weighted by atomic mass is 16.5. The lowest BCUT2D eigenvalue weighted by Gasteiger charge is -2.18. The van der Waals surface area contributed by atoms with Crippen LogP contribution in [-0.2, 0) is 28.0 Å². The van der Waals surface area contributed by atoms with Crippen LogP contribution in [0.2, 0.25) is 0 Å². The molecule has 1 aromatic heterocycles. The second-order valence-corrected chi connectivity index (χ2v) is 8.65. The van der Waals surface area contributed by atoms with Crippen LogP contribution in [0.4, 0.5) is 4.79 Å². The molecule has 1 heterocycles. The molecule has 33 heavy (non-hydrogen) atoms. The minimum Gasteiger partial charge on any atom is -0.445 e. The average Bonchev–Trinajstić information content (AvgIpc) is 3.31. The van der Waals surface area contributed by atoms with E-state index in [1.165, 1.54) is 11.9 Å². The largest absolute Gasteiger partial charge is 0.445 e. The van der Waals surface area contributed by atoms with Gasteiger partial charge in [0.15, 0.2) is 0 Å². The van der Waals surface area contributed by atoms with E-state index < -0.39 is 18.0 Å². The highest BCUT2D eigenvalue weighted by Crippen LogP contribution is 2.21. The van der Waals surface area contributed by atoms with Crippen molar-refractivity contribution in [1.82, 2.24) is 20.7 Å². The van der Waals surface area contributed by atoms with Gasteiger partial charge in [-0.05, 0) is 22.1 Å². The van der Waals surface area contributed by atoms with Crippen molar-refractivity contribution in [2.24, 2.45) is 5.10 Å². The minimum absolute atomic E-state index is 0.0601. The fourth-order valence-corrected chi connectivity index (χ4v) is 3.05. The van der Waals surface area contributed by atoms with Crippen molar-refractivity contribution in [3.8, 4) is 0 Å². The van der Waals surface area contributed by atoms with Crippen LogP contribution in [0.1, 0.15) is 43.2 Å². The van der Waals surface area contributed by atoms with Gasteiger partial charge in [-0.15, -0.1) is 0 Å². The van der Waals surface area contributed by atoms with E-state index in [9.17, 15) is 9.59 Å². The molecule has 0 unspecified atom stereocenters. The molecule has 2 aromatic carbocycles. The van der Waals surface area contributed by atoms with Gasteiger partial charge in [0.05, 0.1) is 12.5 Å². The molecule has 0 saturated heterocycles. The van der Waals surface area contributed by atoms with Crippen LogP contribution in [0.5, 0.6) is 0 Å². The Morgan fingerprint density at radius 3 is 2.48 bits per heavy atom. The number of nitrogens with zero attached hydrogens (tertiary/aromatic N) is 2. The number of H-pyrrole nitrogens is 1.